The van der Waals surface area contributed by atoms with E-state index in [1.165, 1.54) is 11.6 Å². The van der Waals surface area contributed by atoms with Gasteiger partial charge in [-0.15, -0.1) is 0 Å². The van der Waals surface area contributed by atoms with Gasteiger partial charge in [0.15, 0.2) is 0 Å². The van der Waals surface area contributed by atoms with E-state index in [-0.39, 0.29) is 10.6 Å². The molecule has 0 spiro atoms. The summed E-state index contributed by atoms with van der Waals surface area (Å²) >= 11 is 3.31. The lowest BCUT2D eigenvalue weighted by Gasteiger charge is -2.07. The second-order valence-electron chi connectivity index (χ2n) is 4.77. The highest BCUT2D eigenvalue weighted by Crippen LogP contribution is 2.28. The van der Waals surface area contributed by atoms with Gasteiger partial charge in [-0.05, 0) is 46.4 Å². The van der Waals surface area contributed by atoms with Gasteiger partial charge in [0.2, 0.25) is 0 Å². The SMILES string of the molecule is O=[N+]([O-])c1cccc(CNCCCc2ccccc2)c1Br. The van der Waals surface area contributed by atoms with E-state index < -0.39 is 0 Å². The molecule has 0 saturated carbocycles. The van der Waals surface area contributed by atoms with Crippen molar-refractivity contribution in [2.75, 3.05) is 6.54 Å². The van der Waals surface area contributed by atoms with E-state index in [1.54, 1.807) is 6.07 Å². The fourth-order valence-corrected chi connectivity index (χ4v) is 2.68. The Labute approximate surface area is 132 Å². The van der Waals surface area contributed by atoms with Crippen LogP contribution in [0.2, 0.25) is 0 Å². The third kappa shape index (κ3) is 4.65. The number of nitrogens with one attached hydrogen (secondary N) is 1. The zero-order valence-electron chi connectivity index (χ0n) is 11.6. The molecule has 2 aromatic carbocycles. The molecule has 5 heteroatoms. The molecule has 0 aliphatic rings. The Morgan fingerprint density at radius 3 is 2.57 bits per heavy atom. The molecule has 0 aliphatic carbocycles. The van der Waals surface area contributed by atoms with Crippen molar-refractivity contribution in [1.82, 2.24) is 5.32 Å². The summed E-state index contributed by atoms with van der Waals surface area (Å²) in [5.74, 6) is 0. The van der Waals surface area contributed by atoms with Gasteiger partial charge in [-0.1, -0.05) is 42.5 Å². The van der Waals surface area contributed by atoms with E-state index in [9.17, 15) is 10.1 Å². The lowest BCUT2D eigenvalue weighted by molar-refractivity contribution is -0.385. The maximum absolute atomic E-state index is 10.9. The van der Waals surface area contributed by atoms with Crippen molar-refractivity contribution in [3.63, 3.8) is 0 Å². The highest BCUT2D eigenvalue weighted by molar-refractivity contribution is 9.10. The fourth-order valence-electron chi connectivity index (χ4n) is 2.13. The van der Waals surface area contributed by atoms with Crippen LogP contribution in [0.25, 0.3) is 0 Å². The van der Waals surface area contributed by atoms with Crippen LogP contribution in [-0.4, -0.2) is 11.5 Å². The van der Waals surface area contributed by atoms with Crippen LogP contribution in [-0.2, 0) is 13.0 Å². The van der Waals surface area contributed by atoms with E-state index in [2.05, 4.69) is 33.4 Å². The minimum Gasteiger partial charge on any atom is -0.313 e. The summed E-state index contributed by atoms with van der Waals surface area (Å²) < 4.78 is 0.561. The Hall–Kier alpha value is -1.72. The average Bonchev–Trinajstić information content (AvgIpc) is 2.49. The highest BCUT2D eigenvalue weighted by Gasteiger charge is 2.14. The Balaban J connectivity index is 1.79. The first-order valence-corrected chi connectivity index (χ1v) is 7.64. The molecule has 0 aromatic heterocycles. The summed E-state index contributed by atoms with van der Waals surface area (Å²) in [6, 6.07) is 15.5. The molecule has 0 saturated heterocycles. The van der Waals surface area contributed by atoms with Crippen LogP contribution in [0.1, 0.15) is 17.5 Å². The summed E-state index contributed by atoms with van der Waals surface area (Å²) in [5.41, 5.74) is 2.35. The minimum absolute atomic E-state index is 0.110. The Morgan fingerprint density at radius 1 is 1.10 bits per heavy atom. The number of hydrogen-bond acceptors (Lipinski definition) is 3. The maximum atomic E-state index is 10.9. The summed E-state index contributed by atoms with van der Waals surface area (Å²) in [7, 11) is 0. The third-order valence-corrected chi connectivity index (χ3v) is 4.15. The second kappa shape index (κ2) is 7.90. The minimum atomic E-state index is -0.372. The Kier molecular flexibility index (Phi) is 5.90. The molecule has 0 radical (unpaired) electrons. The van der Waals surface area contributed by atoms with Crippen LogP contribution in [0.4, 0.5) is 5.69 Å². The fraction of sp³-hybridized carbons (Fsp3) is 0.250. The molecule has 110 valence electrons. The first-order chi connectivity index (χ1) is 10.2. The molecule has 0 unspecified atom stereocenters. The van der Waals surface area contributed by atoms with Crippen molar-refractivity contribution in [3.8, 4) is 0 Å². The molecule has 4 nitrogen and oxygen atoms in total. The van der Waals surface area contributed by atoms with E-state index >= 15 is 0 Å². The number of hydrogen-bond donors (Lipinski definition) is 1. The van der Waals surface area contributed by atoms with Crippen molar-refractivity contribution in [1.29, 1.82) is 0 Å². The molecular formula is C16H17BrN2O2. The zero-order valence-corrected chi connectivity index (χ0v) is 13.2. The number of aryl methyl sites for hydroxylation is 1. The molecule has 0 aliphatic heterocycles. The highest BCUT2D eigenvalue weighted by atomic mass is 79.9. The van der Waals surface area contributed by atoms with E-state index in [0.717, 1.165) is 24.9 Å². The van der Waals surface area contributed by atoms with Gasteiger partial charge < -0.3 is 5.32 Å². The number of rotatable bonds is 7. The zero-order chi connectivity index (χ0) is 15.1. The van der Waals surface area contributed by atoms with Crippen LogP contribution >= 0.6 is 15.9 Å². The van der Waals surface area contributed by atoms with Gasteiger partial charge in [0.1, 0.15) is 0 Å². The number of nitrogens with zero attached hydrogens (tertiary/aromatic N) is 1. The molecular weight excluding hydrogens is 332 g/mol. The summed E-state index contributed by atoms with van der Waals surface area (Å²) in [5, 5.41) is 14.2. The molecule has 0 atom stereocenters. The number of nitro benzene ring substituents is 1. The lowest BCUT2D eigenvalue weighted by atomic mass is 10.1. The van der Waals surface area contributed by atoms with Gasteiger partial charge in [0.25, 0.3) is 5.69 Å². The Morgan fingerprint density at radius 2 is 1.86 bits per heavy atom. The standard InChI is InChI=1S/C16H17BrN2O2/c17-16-14(9-4-10-15(16)19(20)21)12-18-11-5-8-13-6-2-1-3-7-13/h1-4,6-7,9-10,18H,5,8,11-12H2. The summed E-state index contributed by atoms with van der Waals surface area (Å²) in [4.78, 5) is 10.5. The van der Waals surface area contributed by atoms with Crippen molar-refractivity contribution in [3.05, 3.63) is 74.2 Å². The van der Waals surface area contributed by atoms with Crippen LogP contribution in [0.3, 0.4) is 0 Å². The molecule has 1 N–H and O–H groups in total. The third-order valence-electron chi connectivity index (χ3n) is 3.23. The van der Waals surface area contributed by atoms with Gasteiger partial charge in [-0.2, -0.15) is 0 Å². The number of halogens is 1. The smallest absolute Gasteiger partial charge is 0.283 e. The van der Waals surface area contributed by atoms with Crippen molar-refractivity contribution < 1.29 is 4.92 Å². The van der Waals surface area contributed by atoms with Gasteiger partial charge in [-0.3, -0.25) is 10.1 Å². The van der Waals surface area contributed by atoms with E-state index in [4.69, 9.17) is 0 Å². The molecule has 0 amide bonds. The first kappa shape index (κ1) is 15.7. The molecule has 0 bridgehead atoms. The van der Waals surface area contributed by atoms with Gasteiger partial charge in [-0.25, -0.2) is 0 Å². The van der Waals surface area contributed by atoms with Crippen molar-refractivity contribution >= 4 is 21.6 Å². The number of benzene rings is 2. The van der Waals surface area contributed by atoms with E-state index in [1.807, 2.05) is 24.3 Å². The topological polar surface area (TPSA) is 55.2 Å². The van der Waals surface area contributed by atoms with Crippen molar-refractivity contribution in [2.24, 2.45) is 0 Å². The number of nitro groups is 1. The predicted octanol–water partition coefficient (Wildman–Crippen LogP) is 4.08. The second-order valence-corrected chi connectivity index (χ2v) is 5.57. The molecule has 21 heavy (non-hydrogen) atoms. The van der Waals surface area contributed by atoms with Crippen LogP contribution in [0.5, 0.6) is 0 Å². The van der Waals surface area contributed by atoms with Gasteiger partial charge in [0.05, 0.1) is 9.40 Å². The molecule has 2 aromatic rings. The normalized spacial score (nSPS) is 10.5. The summed E-state index contributed by atoms with van der Waals surface area (Å²) in [6.45, 7) is 1.50. The monoisotopic (exact) mass is 348 g/mol. The largest absolute Gasteiger partial charge is 0.313 e. The van der Waals surface area contributed by atoms with Crippen molar-refractivity contribution in [2.45, 2.75) is 19.4 Å². The van der Waals surface area contributed by atoms with Crippen LogP contribution in [0.15, 0.2) is 53.0 Å². The van der Waals surface area contributed by atoms with E-state index in [0.29, 0.717) is 11.0 Å². The predicted molar refractivity (Wildman–Crippen MR) is 87.3 cm³/mol. The lowest BCUT2D eigenvalue weighted by Crippen LogP contribution is -2.15. The Bertz CT molecular complexity index is 602. The first-order valence-electron chi connectivity index (χ1n) is 6.85. The average molecular weight is 349 g/mol. The van der Waals surface area contributed by atoms with Crippen LogP contribution in [0, 0.1) is 10.1 Å². The molecule has 0 heterocycles. The summed E-state index contributed by atoms with van der Waals surface area (Å²) in [6.07, 6.45) is 2.07. The van der Waals surface area contributed by atoms with Gasteiger partial charge >= 0.3 is 0 Å². The maximum Gasteiger partial charge on any atom is 0.283 e. The molecule has 0 fully saturated rings. The molecule has 2 rings (SSSR count). The quantitative estimate of drug-likeness (QED) is 0.466. The van der Waals surface area contributed by atoms with Crippen LogP contribution < -0.4 is 5.32 Å². The van der Waals surface area contributed by atoms with Gasteiger partial charge in [0, 0.05) is 12.6 Å².